The largest absolute Gasteiger partial charge is 0.454 e. The van der Waals surface area contributed by atoms with Crippen molar-refractivity contribution in [3.05, 3.63) is 188 Å². The van der Waals surface area contributed by atoms with Gasteiger partial charge < -0.3 is 4.74 Å². The fourth-order valence-electron chi connectivity index (χ4n) is 6.76. The molecule has 1 aliphatic rings. The molecule has 0 atom stereocenters. The molecule has 2 heterocycles. The van der Waals surface area contributed by atoms with E-state index in [9.17, 15) is 0 Å². The van der Waals surface area contributed by atoms with Crippen molar-refractivity contribution in [2.24, 2.45) is 0 Å². The minimum atomic E-state index is -1.90. The molecule has 0 saturated heterocycles. The normalized spacial score (nSPS) is 13.4. The van der Waals surface area contributed by atoms with Crippen LogP contribution in [0.3, 0.4) is 0 Å². The van der Waals surface area contributed by atoms with Gasteiger partial charge in [-0.3, -0.25) is 0 Å². The highest BCUT2D eigenvalue weighted by molar-refractivity contribution is 8.34. The molecule has 0 bridgehead atoms. The van der Waals surface area contributed by atoms with Gasteiger partial charge in [0.15, 0.2) is 17.5 Å². The van der Waals surface area contributed by atoms with Crippen molar-refractivity contribution in [1.29, 1.82) is 0 Å². The van der Waals surface area contributed by atoms with Crippen LogP contribution >= 0.6 is 10.0 Å². The van der Waals surface area contributed by atoms with E-state index in [0.717, 1.165) is 39.3 Å². The maximum absolute atomic E-state index is 6.94. The lowest BCUT2D eigenvalue weighted by Gasteiger charge is -2.46. The number of fused-ring (bicyclic) bond motifs is 2. The molecule has 1 aliphatic heterocycles. The Kier molecular flexibility index (Phi) is 7.52. The summed E-state index contributed by atoms with van der Waals surface area (Å²) < 4.78 is 6.94. The molecule has 0 radical (unpaired) electrons. The first-order chi connectivity index (χ1) is 24.8. The van der Waals surface area contributed by atoms with E-state index in [-0.39, 0.29) is 0 Å². The van der Waals surface area contributed by atoms with E-state index in [0.29, 0.717) is 17.5 Å². The van der Waals surface area contributed by atoms with Crippen LogP contribution in [-0.4, -0.2) is 15.0 Å². The minimum absolute atomic E-state index is 0.615. The summed E-state index contributed by atoms with van der Waals surface area (Å²) in [6.45, 7) is 0. The average molecular weight is 662 g/mol. The second kappa shape index (κ2) is 12.6. The molecule has 0 fully saturated rings. The molecule has 0 saturated carbocycles. The smallest absolute Gasteiger partial charge is 0.164 e. The number of nitrogens with zero attached hydrogens (tertiary/aromatic N) is 3. The van der Waals surface area contributed by atoms with E-state index in [2.05, 4.69) is 127 Å². The van der Waals surface area contributed by atoms with Crippen molar-refractivity contribution in [3.8, 4) is 56.8 Å². The second-order valence-corrected chi connectivity index (χ2v) is 15.1. The zero-order valence-electron chi connectivity index (χ0n) is 27.1. The van der Waals surface area contributed by atoms with E-state index in [1.54, 1.807) is 0 Å². The Morgan fingerprint density at radius 2 is 0.800 bits per heavy atom. The predicted molar refractivity (Wildman–Crippen MR) is 202 cm³/mol. The number of benzene rings is 7. The molecule has 8 aromatic rings. The van der Waals surface area contributed by atoms with E-state index >= 15 is 0 Å². The van der Waals surface area contributed by atoms with Crippen molar-refractivity contribution in [2.45, 2.75) is 19.6 Å². The van der Waals surface area contributed by atoms with Gasteiger partial charge in [0.25, 0.3) is 0 Å². The lowest BCUT2D eigenvalue weighted by atomic mass is 10.0. The minimum Gasteiger partial charge on any atom is -0.454 e. The average Bonchev–Trinajstić information content (AvgIpc) is 3.21. The van der Waals surface area contributed by atoms with Crippen LogP contribution in [0.2, 0.25) is 0 Å². The van der Waals surface area contributed by atoms with Gasteiger partial charge in [0.2, 0.25) is 0 Å². The Morgan fingerprint density at radius 3 is 1.40 bits per heavy atom. The maximum atomic E-state index is 6.94. The van der Waals surface area contributed by atoms with Crippen LogP contribution in [0, 0.1) is 0 Å². The van der Waals surface area contributed by atoms with E-state index in [1.807, 2.05) is 60.7 Å². The third-order valence-corrected chi connectivity index (χ3v) is 13.0. The highest BCUT2D eigenvalue weighted by atomic mass is 32.3. The molecule has 0 unspecified atom stereocenters. The van der Waals surface area contributed by atoms with Crippen LogP contribution in [0.25, 0.3) is 45.3 Å². The summed E-state index contributed by atoms with van der Waals surface area (Å²) in [6, 6.07) is 65.4. The highest BCUT2D eigenvalue weighted by Gasteiger charge is 2.41. The van der Waals surface area contributed by atoms with Gasteiger partial charge in [-0.05, 0) is 54.1 Å². The van der Waals surface area contributed by atoms with Crippen LogP contribution < -0.4 is 4.74 Å². The second-order valence-electron chi connectivity index (χ2n) is 12.0. The summed E-state index contributed by atoms with van der Waals surface area (Å²) >= 11 is 0. The fraction of sp³-hybridized carbons (Fsp3) is 0. The molecular formula is C45H31N3OS. The summed E-state index contributed by atoms with van der Waals surface area (Å²) in [4.78, 5) is 19.8. The van der Waals surface area contributed by atoms with Crippen LogP contribution in [0.5, 0.6) is 11.5 Å². The lowest BCUT2D eigenvalue weighted by molar-refractivity contribution is 0.454. The highest BCUT2D eigenvalue weighted by Crippen LogP contribution is 2.79. The van der Waals surface area contributed by atoms with Gasteiger partial charge in [-0.25, -0.2) is 15.0 Å². The first-order valence-electron chi connectivity index (χ1n) is 16.6. The van der Waals surface area contributed by atoms with E-state index in [4.69, 9.17) is 19.7 Å². The topological polar surface area (TPSA) is 47.9 Å². The molecule has 50 heavy (non-hydrogen) atoms. The first kappa shape index (κ1) is 29.8. The summed E-state index contributed by atoms with van der Waals surface area (Å²) in [5.41, 5.74) is 4.82. The molecule has 0 spiro atoms. The Hall–Kier alpha value is -6.30. The van der Waals surface area contributed by atoms with Crippen molar-refractivity contribution in [2.75, 3.05) is 0 Å². The Bertz CT molecular complexity index is 2360. The molecule has 5 heteroatoms. The molecule has 4 nitrogen and oxygen atoms in total. The number of aromatic nitrogens is 3. The van der Waals surface area contributed by atoms with Crippen LogP contribution in [-0.2, 0) is 0 Å². The third-order valence-electron chi connectivity index (χ3n) is 9.02. The molecule has 9 rings (SSSR count). The summed E-state index contributed by atoms with van der Waals surface area (Å²) in [5, 5.41) is 0. The van der Waals surface area contributed by atoms with Crippen LogP contribution in [0.4, 0.5) is 0 Å². The SMILES string of the molecule is c1ccc(-c2nc(-c3ccccc3)nc(-c3cccc(-c4cccc5c4Oc4ccccc4S5(c4ccccc4)c4ccccc4)c3)n2)cc1. The van der Waals surface area contributed by atoms with Gasteiger partial charge in [-0.1, -0.05) is 140 Å². The van der Waals surface area contributed by atoms with Crippen molar-refractivity contribution in [1.82, 2.24) is 15.0 Å². The predicted octanol–water partition coefficient (Wildman–Crippen LogP) is 12.0. The van der Waals surface area contributed by atoms with Crippen molar-refractivity contribution < 1.29 is 4.74 Å². The zero-order chi connectivity index (χ0) is 33.3. The van der Waals surface area contributed by atoms with Gasteiger partial charge in [0.1, 0.15) is 11.5 Å². The van der Waals surface area contributed by atoms with Gasteiger partial charge in [0.05, 0.1) is 0 Å². The van der Waals surface area contributed by atoms with Crippen molar-refractivity contribution in [3.63, 3.8) is 0 Å². The summed E-state index contributed by atoms with van der Waals surface area (Å²) in [6.07, 6.45) is 0. The Labute approximate surface area is 293 Å². The number of hydrogen-bond donors (Lipinski definition) is 0. The van der Waals surface area contributed by atoms with Gasteiger partial charge in [0, 0.05) is 41.8 Å². The lowest BCUT2D eigenvalue weighted by Crippen LogP contribution is -2.12. The summed E-state index contributed by atoms with van der Waals surface area (Å²) in [7, 11) is -1.90. The monoisotopic (exact) mass is 661 g/mol. The van der Waals surface area contributed by atoms with Crippen molar-refractivity contribution >= 4 is 10.0 Å². The quantitative estimate of drug-likeness (QED) is 0.178. The number of hydrogen-bond acceptors (Lipinski definition) is 4. The van der Waals surface area contributed by atoms with E-state index in [1.165, 1.54) is 19.6 Å². The summed E-state index contributed by atoms with van der Waals surface area (Å²) in [5.74, 6) is 3.64. The molecule has 0 aliphatic carbocycles. The molecular weight excluding hydrogens is 631 g/mol. The van der Waals surface area contributed by atoms with Crippen LogP contribution in [0.15, 0.2) is 208 Å². The molecule has 0 amide bonds. The first-order valence-corrected chi connectivity index (χ1v) is 18.2. The Balaban J connectivity index is 1.25. The molecule has 7 aromatic carbocycles. The third kappa shape index (κ3) is 5.07. The molecule has 0 N–H and O–H groups in total. The van der Waals surface area contributed by atoms with Gasteiger partial charge >= 0.3 is 0 Å². The van der Waals surface area contributed by atoms with Gasteiger partial charge in [-0.2, -0.15) is 0 Å². The fourth-order valence-corrected chi connectivity index (χ4v) is 10.8. The number of ether oxygens (including phenoxy) is 1. The number of para-hydroxylation sites is 2. The van der Waals surface area contributed by atoms with Gasteiger partial charge in [-0.15, -0.1) is 10.0 Å². The molecule has 238 valence electrons. The maximum Gasteiger partial charge on any atom is 0.164 e. The zero-order valence-corrected chi connectivity index (χ0v) is 27.9. The van der Waals surface area contributed by atoms with E-state index < -0.39 is 10.0 Å². The Morgan fingerprint density at radius 1 is 0.360 bits per heavy atom. The number of rotatable bonds is 6. The van der Waals surface area contributed by atoms with Crippen LogP contribution in [0.1, 0.15) is 0 Å². The molecule has 1 aromatic heterocycles. The standard InChI is InChI=1S/C45H31N3OS/c1-5-17-32(18-6-1)43-46-44(33-19-7-2-8-20-33)48-45(47-43)35-22-15-21-34(31-35)38-27-16-30-41-42(38)49-39-28-13-14-29-40(39)50(41,36-23-9-3-10-24-36)37-25-11-4-12-26-37/h1-31H.